The second-order valence-corrected chi connectivity index (χ2v) is 7.91. The van der Waals surface area contributed by atoms with Crippen LogP contribution in [0.2, 0.25) is 0 Å². The highest BCUT2D eigenvalue weighted by molar-refractivity contribution is 5.95. The van der Waals surface area contributed by atoms with Gasteiger partial charge in [0.25, 0.3) is 11.8 Å². The Morgan fingerprint density at radius 1 is 1.00 bits per heavy atom. The lowest BCUT2D eigenvalue weighted by Gasteiger charge is -2.32. The zero-order chi connectivity index (χ0) is 20.2. The van der Waals surface area contributed by atoms with Gasteiger partial charge in [0, 0.05) is 50.7 Å². The van der Waals surface area contributed by atoms with Crippen LogP contribution in [0.1, 0.15) is 70.3 Å². The minimum atomic E-state index is -0.00332. The maximum Gasteiger partial charge on any atom is 0.257 e. The molecule has 0 spiro atoms. The van der Waals surface area contributed by atoms with Crippen LogP contribution < -0.4 is 0 Å². The maximum absolute atomic E-state index is 12.8. The molecule has 2 fully saturated rings. The predicted octanol–water partition coefficient (Wildman–Crippen LogP) is 2.83. The molecule has 0 bridgehead atoms. The molecule has 0 N–H and O–H groups in total. The molecule has 4 heterocycles. The molecule has 0 saturated carbocycles. The van der Waals surface area contributed by atoms with Gasteiger partial charge in [-0.25, -0.2) is 9.97 Å². The van der Waals surface area contributed by atoms with Crippen molar-refractivity contribution >= 4 is 11.8 Å². The van der Waals surface area contributed by atoms with Crippen molar-refractivity contribution < 1.29 is 9.59 Å². The lowest BCUT2D eigenvalue weighted by atomic mass is 9.96. The monoisotopic (exact) mass is 393 g/mol. The fourth-order valence-corrected chi connectivity index (χ4v) is 4.20. The number of carbonyl (C=O) groups excluding carboxylic acids is 2. The van der Waals surface area contributed by atoms with Crippen molar-refractivity contribution in [3.63, 3.8) is 0 Å². The number of carbonyl (C=O) groups is 2. The third-order valence-electron chi connectivity index (χ3n) is 5.85. The topological polar surface area (TPSA) is 79.3 Å². The number of pyridine rings is 1. The zero-order valence-electron chi connectivity index (χ0n) is 16.9. The molecule has 7 nitrogen and oxygen atoms in total. The molecule has 0 aromatic carbocycles. The van der Waals surface area contributed by atoms with E-state index in [4.69, 9.17) is 0 Å². The van der Waals surface area contributed by atoms with Crippen LogP contribution in [-0.4, -0.2) is 62.7 Å². The van der Waals surface area contributed by atoms with Crippen molar-refractivity contribution in [2.24, 2.45) is 0 Å². The summed E-state index contributed by atoms with van der Waals surface area (Å²) in [5.41, 5.74) is 1.92. The second kappa shape index (κ2) is 8.68. The van der Waals surface area contributed by atoms with Crippen molar-refractivity contribution in [1.29, 1.82) is 0 Å². The number of likely N-dealkylation sites (tertiary alicyclic amines) is 2. The summed E-state index contributed by atoms with van der Waals surface area (Å²) in [5.74, 6) is 0.839. The van der Waals surface area contributed by atoms with E-state index in [2.05, 4.69) is 15.0 Å². The highest BCUT2D eigenvalue weighted by atomic mass is 16.2. The van der Waals surface area contributed by atoms with E-state index in [-0.39, 0.29) is 17.7 Å². The van der Waals surface area contributed by atoms with E-state index in [1.54, 1.807) is 30.7 Å². The molecule has 29 heavy (non-hydrogen) atoms. The molecular weight excluding hydrogens is 366 g/mol. The number of hydrogen-bond acceptors (Lipinski definition) is 5. The van der Waals surface area contributed by atoms with Gasteiger partial charge in [-0.1, -0.05) is 0 Å². The van der Waals surface area contributed by atoms with E-state index >= 15 is 0 Å². The SMILES string of the molecule is Cc1nc([C@@H]2CCCN(C(=O)c3cccnc3)C2)ncc1C(=O)N1CCCCC1. The minimum absolute atomic E-state index is 0.00332. The molecule has 0 unspecified atom stereocenters. The Hall–Kier alpha value is -2.83. The van der Waals surface area contributed by atoms with Crippen LogP contribution in [0.25, 0.3) is 0 Å². The van der Waals surface area contributed by atoms with Crippen molar-refractivity contribution in [3.05, 3.63) is 53.4 Å². The summed E-state index contributed by atoms with van der Waals surface area (Å²) >= 11 is 0. The normalized spacial score (nSPS) is 19.8. The smallest absolute Gasteiger partial charge is 0.257 e. The van der Waals surface area contributed by atoms with Crippen LogP contribution in [0.15, 0.2) is 30.7 Å². The van der Waals surface area contributed by atoms with Crippen LogP contribution in [-0.2, 0) is 0 Å². The minimum Gasteiger partial charge on any atom is -0.339 e. The summed E-state index contributed by atoms with van der Waals surface area (Å²) in [7, 11) is 0. The molecular formula is C22H27N5O2. The van der Waals surface area contributed by atoms with Crippen LogP contribution in [0.3, 0.4) is 0 Å². The lowest BCUT2D eigenvalue weighted by molar-refractivity contribution is 0.0703. The summed E-state index contributed by atoms with van der Waals surface area (Å²) in [4.78, 5) is 42.6. The second-order valence-electron chi connectivity index (χ2n) is 7.91. The first-order valence-electron chi connectivity index (χ1n) is 10.5. The van der Waals surface area contributed by atoms with E-state index in [9.17, 15) is 9.59 Å². The summed E-state index contributed by atoms with van der Waals surface area (Å²) in [5, 5.41) is 0. The summed E-state index contributed by atoms with van der Waals surface area (Å²) in [6, 6.07) is 3.57. The van der Waals surface area contributed by atoms with E-state index in [1.807, 2.05) is 16.7 Å². The van der Waals surface area contributed by atoms with Crippen LogP contribution in [0, 0.1) is 6.92 Å². The van der Waals surface area contributed by atoms with Crippen molar-refractivity contribution in [2.75, 3.05) is 26.2 Å². The van der Waals surface area contributed by atoms with Gasteiger partial charge in [0.15, 0.2) is 0 Å². The quantitative estimate of drug-likeness (QED) is 0.801. The largest absolute Gasteiger partial charge is 0.339 e. The number of hydrogen-bond donors (Lipinski definition) is 0. The number of amides is 2. The number of aryl methyl sites for hydroxylation is 1. The molecule has 1 atom stereocenters. The Labute approximate surface area is 171 Å². The molecule has 2 amide bonds. The maximum atomic E-state index is 12.8. The summed E-state index contributed by atoms with van der Waals surface area (Å²) in [6.45, 7) is 4.83. The molecule has 2 aromatic heterocycles. The molecule has 2 aromatic rings. The first kappa shape index (κ1) is 19.5. The van der Waals surface area contributed by atoms with Crippen LogP contribution in [0.5, 0.6) is 0 Å². The van der Waals surface area contributed by atoms with Gasteiger partial charge in [0.1, 0.15) is 5.82 Å². The Balaban J connectivity index is 1.47. The Morgan fingerprint density at radius 2 is 1.79 bits per heavy atom. The third-order valence-corrected chi connectivity index (χ3v) is 5.85. The summed E-state index contributed by atoms with van der Waals surface area (Å²) in [6.07, 6.45) is 10.1. The Bertz CT molecular complexity index is 880. The average molecular weight is 393 g/mol. The lowest BCUT2D eigenvalue weighted by Crippen LogP contribution is -2.39. The van der Waals surface area contributed by atoms with Crippen molar-refractivity contribution in [3.8, 4) is 0 Å². The number of piperidine rings is 2. The molecule has 152 valence electrons. The molecule has 2 aliphatic heterocycles. The fourth-order valence-electron chi connectivity index (χ4n) is 4.20. The molecule has 2 aliphatic rings. The van der Waals surface area contributed by atoms with Gasteiger partial charge < -0.3 is 9.80 Å². The summed E-state index contributed by atoms with van der Waals surface area (Å²) < 4.78 is 0. The van der Waals surface area contributed by atoms with E-state index in [0.29, 0.717) is 17.7 Å². The van der Waals surface area contributed by atoms with E-state index in [0.717, 1.165) is 56.8 Å². The standard InChI is InChI=1S/C22H27N5O2/c1-16-19(22(29)26-10-3-2-4-11-26)14-24-20(25-16)18-8-6-12-27(15-18)21(28)17-7-5-9-23-13-17/h5,7,9,13-14,18H,2-4,6,8,10-12,15H2,1H3/t18-/m1/s1. The molecule has 7 heteroatoms. The fraction of sp³-hybridized carbons (Fsp3) is 0.500. The van der Waals surface area contributed by atoms with Crippen LogP contribution in [0.4, 0.5) is 0 Å². The molecule has 2 saturated heterocycles. The van der Waals surface area contributed by atoms with Gasteiger partial charge in [-0.15, -0.1) is 0 Å². The Kier molecular flexibility index (Phi) is 5.83. The number of nitrogens with zero attached hydrogens (tertiary/aromatic N) is 5. The van der Waals surface area contributed by atoms with Gasteiger partial charge in [-0.2, -0.15) is 0 Å². The average Bonchev–Trinajstić information content (AvgIpc) is 2.79. The molecule has 4 rings (SSSR count). The van der Waals surface area contributed by atoms with Crippen molar-refractivity contribution in [2.45, 2.75) is 44.9 Å². The molecule has 0 aliphatic carbocycles. The molecule has 0 radical (unpaired) electrons. The third kappa shape index (κ3) is 4.28. The number of rotatable bonds is 3. The zero-order valence-corrected chi connectivity index (χ0v) is 16.9. The van der Waals surface area contributed by atoms with E-state index in [1.165, 1.54) is 6.42 Å². The van der Waals surface area contributed by atoms with Crippen LogP contribution >= 0.6 is 0 Å². The first-order chi connectivity index (χ1) is 14.1. The van der Waals surface area contributed by atoms with Gasteiger partial charge >= 0.3 is 0 Å². The predicted molar refractivity (Wildman–Crippen MR) is 109 cm³/mol. The number of aromatic nitrogens is 3. The van der Waals surface area contributed by atoms with Gasteiger partial charge in [0.2, 0.25) is 0 Å². The van der Waals surface area contributed by atoms with Gasteiger partial charge in [-0.3, -0.25) is 14.6 Å². The highest BCUT2D eigenvalue weighted by Gasteiger charge is 2.28. The van der Waals surface area contributed by atoms with Gasteiger partial charge in [-0.05, 0) is 51.2 Å². The van der Waals surface area contributed by atoms with Crippen molar-refractivity contribution in [1.82, 2.24) is 24.8 Å². The van der Waals surface area contributed by atoms with E-state index < -0.39 is 0 Å². The highest BCUT2D eigenvalue weighted by Crippen LogP contribution is 2.26. The Morgan fingerprint density at radius 3 is 2.52 bits per heavy atom. The first-order valence-corrected chi connectivity index (χ1v) is 10.5. The van der Waals surface area contributed by atoms with Gasteiger partial charge in [0.05, 0.1) is 16.8 Å².